The minimum Gasteiger partial charge on any atom is -0.415 e. The summed E-state index contributed by atoms with van der Waals surface area (Å²) in [7, 11) is 0. The highest BCUT2D eigenvalue weighted by Crippen LogP contribution is 2.16. The molecular formula is C14H13FNO3+. The van der Waals surface area contributed by atoms with E-state index >= 15 is 0 Å². The van der Waals surface area contributed by atoms with Gasteiger partial charge in [0.05, 0.1) is 0 Å². The summed E-state index contributed by atoms with van der Waals surface area (Å²) in [5.41, 5.74) is 0.188. The van der Waals surface area contributed by atoms with Crippen LogP contribution in [0.3, 0.4) is 0 Å². The number of rotatable bonds is 4. The lowest BCUT2D eigenvalue weighted by Gasteiger charge is -2.04. The molecule has 5 heteroatoms. The first-order chi connectivity index (χ1) is 9.22. The van der Waals surface area contributed by atoms with Crippen molar-refractivity contribution in [3.63, 3.8) is 0 Å². The molecule has 0 unspecified atom stereocenters. The molecule has 0 atom stereocenters. The number of benzene rings is 1. The van der Waals surface area contributed by atoms with Crippen LogP contribution in [0.2, 0.25) is 0 Å². The van der Waals surface area contributed by atoms with Crippen LogP contribution in [0.25, 0.3) is 0 Å². The number of carbonyl (C=O) groups excluding carboxylic acids is 1. The van der Waals surface area contributed by atoms with E-state index in [1.165, 1.54) is 22.9 Å². The van der Waals surface area contributed by atoms with E-state index in [1.54, 1.807) is 37.4 Å². The topological polar surface area (TPSA) is 39.4 Å². The Morgan fingerprint density at radius 2 is 1.95 bits per heavy atom. The predicted molar refractivity (Wildman–Crippen MR) is 65.1 cm³/mol. The molecule has 0 fully saturated rings. The third-order valence-corrected chi connectivity index (χ3v) is 2.34. The standard InChI is InChI=1S/C14H13FNO3/c1-2-18-16-10-6-5-8-12(16)14(17)19-13-9-4-3-7-11(13)15/h3-10H,2H2,1H3/q+1. The molecule has 2 rings (SSSR count). The Labute approximate surface area is 110 Å². The fourth-order valence-corrected chi connectivity index (χ4v) is 1.52. The number of para-hydroxylation sites is 1. The number of aromatic nitrogens is 1. The van der Waals surface area contributed by atoms with E-state index in [1.807, 2.05) is 0 Å². The molecule has 98 valence electrons. The van der Waals surface area contributed by atoms with Crippen molar-refractivity contribution < 1.29 is 23.5 Å². The number of pyridine rings is 1. The van der Waals surface area contributed by atoms with E-state index in [4.69, 9.17) is 9.57 Å². The molecule has 1 heterocycles. The molecule has 1 aromatic heterocycles. The van der Waals surface area contributed by atoms with E-state index in [9.17, 15) is 9.18 Å². The zero-order chi connectivity index (χ0) is 13.7. The molecule has 19 heavy (non-hydrogen) atoms. The molecule has 4 nitrogen and oxygen atoms in total. The van der Waals surface area contributed by atoms with Gasteiger partial charge in [0.2, 0.25) is 6.20 Å². The Balaban J connectivity index is 2.23. The monoisotopic (exact) mass is 262 g/mol. The zero-order valence-electron chi connectivity index (χ0n) is 10.4. The van der Waals surface area contributed by atoms with Crippen LogP contribution in [0, 0.1) is 5.82 Å². The first-order valence-corrected chi connectivity index (χ1v) is 5.83. The van der Waals surface area contributed by atoms with Gasteiger partial charge in [-0.05, 0) is 25.1 Å². The Hall–Kier alpha value is -2.43. The maximum Gasteiger partial charge on any atom is 0.414 e. The number of halogens is 1. The van der Waals surface area contributed by atoms with Gasteiger partial charge in [0, 0.05) is 16.9 Å². The molecule has 0 aliphatic rings. The van der Waals surface area contributed by atoms with Gasteiger partial charge in [0.15, 0.2) is 18.2 Å². The molecule has 0 radical (unpaired) electrons. The zero-order valence-corrected chi connectivity index (χ0v) is 10.4. The van der Waals surface area contributed by atoms with E-state index in [-0.39, 0.29) is 11.4 Å². The Kier molecular flexibility index (Phi) is 4.07. The van der Waals surface area contributed by atoms with Crippen LogP contribution < -0.4 is 14.3 Å². The fourth-order valence-electron chi connectivity index (χ4n) is 1.52. The van der Waals surface area contributed by atoms with E-state index in [0.29, 0.717) is 6.61 Å². The molecule has 0 bridgehead atoms. The third-order valence-electron chi connectivity index (χ3n) is 2.34. The quantitative estimate of drug-likeness (QED) is 0.479. The van der Waals surface area contributed by atoms with Gasteiger partial charge in [0.1, 0.15) is 0 Å². The highest BCUT2D eigenvalue weighted by molar-refractivity contribution is 5.87. The van der Waals surface area contributed by atoms with Gasteiger partial charge in [-0.3, -0.25) is 4.84 Å². The second-order valence-corrected chi connectivity index (χ2v) is 3.65. The summed E-state index contributed by atoms with van der Waals surface area (Å²) in [4.78, 5) is 17.2. The lowest BCUT2D eigenvalue weighted by Crippen LogP contribution is -2.48. The number of ether oxygens (including phenoxy) is 1. The van der Waals surface area contributed by atoms with E-state index in [0.717, 1.165) is 0 Å². The summed E-state index contributed by atoms with van der Waals surface area (Å²) in [6.07, 6.45) is 1.58. The van der Waals surface area contributed by atoms with Gasteiger partial charge in [-0.2, -0.15) is 0 Å². The number of nitrogens with zero attached hydrogens (tertiary/aromatic N) is 1. The normalized spacial score (nSPS) is 10.0. The van der Waals surface area contributed by atoms with Crippen LogP contribution in [-0.2, 0) is 0 Å². The third kappa shape index (κ3) is 3.07. The van der Waals surface area contributed by atoms with Gasteiger partial charge in [-0.15, -0.1) is 0 Å². The maximum atomic E-state index is 13.4. The van der Waals surface area contributed by atoms with Crippen LogP contribution >= 0.6 is 0 Å². The second-order valence-electron chi connectivity index (χ2n) is 3.65. The average Bonchev–Trinajstić information content (AvgIpc) is 2.42. The van der Waals surface area contributed by atoms with Gasteiger partial charge in [0.25, 0.3) is 0 Å². The van der Waals surface area contributed by atoms with Gasteiger partial charge < -0.3 is 4.74 Å². The highest BCUT2D eigenvalue weighted by Gasteiger charge is 2.23. The molecule has 0 aliphatic heterocycles. The maximum absolute atomic E-state index is 13.4. The van der Waals surface area contributed by atoms with Crippen LogP contribution in [0.5, 0.6) is 5.75 Å². The van der Waals surface area contributed by atoms with Crippen molar-refractivity contribution >= 4 is 5.97 Å². The lowest BCUT2D eigenvalue weighted by molar-refractivity contribution is -0.892. The molecule has 0 spiro atoms. The average molecular weight is 262 g/mol. The van der Waals surface area contributed by atoms with E-state index < -0.39 is 11.8 Å². The Morgan fingerprint density at radius 3 is 2.68 bits per heavy atom. The minimum atomic E-state index is -0.681. The van der Waals surface area contributed by atoms with Crippen LogP contribution in [0.1, 0.15) is 17.4 Å². The first-order valence-electron chi connectivity index (χ1n) is 5.83. The van der Waals surface area contributed by atoms with Crippen molar-refractivity contribution in [1.29, 1.82) is 0 Å². The van der Waals surface area contributed by atoms with Crippen LogP contribution in [0.15, 0.2) is 48.7 Å². The predicted octanol–water partition coefficient (Wildman–Crippen LogP) is 1.78. The SMILES string of the molecule is CCO[n+]1ccccc1C(=O)Oc1ccccc1F. The van der Waals surface area contributed by atoms with Crippen molar-refractivity contribution in [1.82, 2.24) is 0 Å². The summed E-state index contributed by atoms with van der Waals surface area (Å²) in [6, 6.07) is 10.7. The molecule has 1 aromatic carbocycles. The van der Waals surface area contributed by atoms with Crippen molar-refractivity contribution in [3.8, 4) is 5.75 Å². The first kappa shape index (κ1) is 13.0. The molecule has 0 N–H and O–H groups in total. The molecular weight excluding hydrogens is 249 g/mol. The number of carbonyl (C=O) groups is 1. The minimum absolute atomic E-state index is 0.112. The Morgan fingerprint density at radius 1 is 1.21 bits per heavy atom. The smallest absolute Gasteiger partial charge is 0.414 e. The highest BCUT2D eigenvalue weighted by atomic mass is 19.1. The van der Waals surface area contributed by atoms with Gasteiger partial charge >= 0.3 is 11.7 Å². The van der Waals surface area contributed by atoms with Gasteiger partial charge in [-0.25, -0.2) is 9.18 Å². The van der Waals surface area contributed by atoms with Crippen LogP contribution in [0.4, 0.5) is 4.39 Å². The van der Waals surface area contributed by atoms with Crippen LogP contribution in [-0.4, -0.2) is 12.6 Å². The summed E-state index contributed by atoms with van der Waals surface area (Å²) in [5, 5.41) is 0. The largest absolute Gasteiger partial charge is 0.415 e. The Bertz CT molecular complexity index is 586. The summed E-state index contributed by atoms with van der Waals surface area (Å²) in [6.45, 7) is 2.20. The molecule has 0 saturated carbocycles. The fraction of sp³-hybridized carbons (Fsp3) is 0.143. The molecule has 2 aromatic rings. The number of hydrogen-bond donors (Lipinski definition) is 0. The second kappa shape index (κ2) is 5.95. The summed E-state index contributed by atoms with van der Waals surface area (Å²) >= 11 is 0. The van der Waals surface area contributed by atoms with E-state index in [2.05, 4.69) is 0 Å². The molecule has 0 saturated heterocycles. The summed E-state index contributed by atoms with van der Waals surface area (Å²) in [5.74, 6) is -1.38. The summed E-state index contributed by atoms with van der Waals surface area (Å²) < 4.78 is 19.7. The van der Waals surface area contributed by atoms with Gasteiger partial charge in [-0.1, -0.05) is 12.1 Å². The van der Waals surface area contributed by atoms with Crippen molar-refractivity contribution in [3.05, 3.63) is 60.2 Å². The lowest BCUT2D eigenvalue weighted by atomic mass is 10.3. The number of hydrogen-bond acceptors (Lipinski definition) is 3. The molecule has 0 aliphatic carbocycles. The van der Waals surface area contributed by atoms with Crippen molar-refractivity contribution in [2.24, 2.45) is 0 Å². The van der Waals surface area contributed by atoms with Crippen molar-refractivity contribution in [2.45, 2.75) is 6.92 Å². The number of esters is 1. The molecule has 0 amide bonds. The van der Waals surface area contributed by atoms with Crippen molar-refractivity contribution in [2.75, 3.05) is 6.61 Å².